The van der Waals surface area contributed by atoms with Crippen molar-refractivity contribution in [2.24, 2.45) is 10.2 Å². The number of para-hydroxylation sites is 1. The summed E-state index contributed by atoms with van der Waals surface area (Å²) in [5.41, 5.74) is 6.20. The number of hydrogen-bond acceptors (Lipinski definition) is 5. The predicted molar refractivity (Wildman–Crippen MR) is 113 cm³/mol. The number of hydrogen-bond donors (Lipinski definition) is 2. The molecule has 2 aromatic heterocycles. The average molecular weight is 384 g/mol. The maximum Gasteiger partial charge on any atom is 0.196 e. The third kappa shape index (κ3) is 2.84. The summed E-state index contributed by atoms with van der Waals surface area (Å²) in [6.07, 6.45) is 5.96. The van der Waals surface area contributed by atoms with E-state index in [0.29, 0.717) is 0 Å². The molecule has 3 heterocycles. The van der Waals surface area contributed by atoms with Gasteiger partial charge in [0.1, 0.15) is 0 Å². The molecule has 1 aliphatic rings. The molecular formula is C22H16N4OS. The lowest BCUT2D eigenvalue weighted by atomic mass is 10.1. The van der Waals surface area contributed by atoms with Crippen molar-refractivity contribution in [2.45, 2.75) is 6.92 Å². The molecule has 6 heteroatoms. The maximum absolute atomic E-state index is 10.3. The second kappa shape index (κ2) is 6.58. The van der Waals surface area contributed by atoms with Crippen molar-refractivity contribution >= 4 is 45.8 Å². The Kier molecular flexibility index (Phi) is 3.91. The number of aromatic amines is 1. The molecule has 0 atom stereocenters. The Morgan fingerprint density at radius 1 is 1.07 bits per heavy atom. The van der Waals surface area contributed by atoms with Crippen molar-refractivity contribution in [3.05, 3.63) is 80.6 Å². The van der Waals surface area contributed by atoms with Crippen molar-refractivity contribution in [1.82, 2.24) is 9.97 Å². The van der Waals surface area contributed by atoms with E-state index < -0.39 is 0 Å². The molecule has 5 rings (SSSR count). The van der Waals surface area contributed by atoms with Gasteiger partial charge in [0.05, 0.1) is 22.6 Å². The van der Waals surface area contributed by atoms with Gasteiger partial charge in [0.25, 0.3) is 0 Å². The average Bonchev–Trinajstić information content (AvgIpc) is 3.38. The van der Waals surface area contributed by atoms with Crippen LogP contribution in [-0.2, 0) is 0 Å². The lowest BCUT2D eigenvalue weighted by Crippen LogP contribution is -2.08. The molecule has 136 valence electrons. The van der Waals surface area contributed by atoms with Gasteiger partial charge in [-0.3, -0.25) is 0 Å². The summed E-state index contributed by atoms with van der Waals surface area (Å²) in [5, 5.41) is 21.8. The topological polar surface area (TPSA) is 73.6 Å². The molecule has 0 spiro atoms. The lowest BCUT2D eigenvalue weighted by Gasteiger charge is -1.94. The second-order valence-electron chi connectivity index (χ2n) is 6.57. The molecule has 0 bridgehead atoms. The second-order valence-corrected chi connectivity index (χ2v) is 7.46. The van der Waals surface area contributed by atoms with Gasteiger partial charge in [-0.05, 0) is 48.6 Å². The number of thiazole rings is 1. The smallest absolute Gasteiger partial charge is 0.196 e. The van der Waals surface area contributed by atoms with Crippen LogP contribution in [0.15, 0.2) is 64.3 Å². The van der Waals surface area contributed by atoms with Crippen LogP contribution in [0.25, 0.3) is 28.8 Å². The Balaban J connectivity index is 1.57. The van der Waals surface area contributed by atoms with E-state index in [1.54, 1.807) is 11.3 Å². The number of H-pyrrole nitrogens is 1. The van der Waals surface area contributed by atoms with Crippen LogP contribution >= 0.6 is 11.3 Å². The first-order valence-corrected chi connectivity index (χ1v) is 9.73. The Morgan fingerprint density at radius 3 is 2.82 bits per heavy atom. The van der Waals surface area contributed by atoms with Gasteiger partial charge in [0, 0.05) is 26.6 Å². The van der Waals surface area contributed by atoms with Gasteiger partial charge < -0.3 is 10.1 Å². The predicted octanol–water partition coefficient (Wildman–Crippen LogP) is 4.39. The van der Waals surface area contributed by atoms with Gasteiger partial charge in [0.2, 0.25) is 0 Å². The third-order valence-electron chi connectivity index (χ3n) is 4.77. The standard InChI is InChI=1S/C22H16N4OS/c1-13-21(28-12-23-13)9-8-19-16-7-6-14(11-20(16)26-25-19)10-17-15-4-2-3-5-18(15)24-22(17)27/h2-12,24,27H,1H3/b9-8+,14-10+. The van der Waals surface area contributed by atoms with E-state index in [0.717, 1.165) is 48.9 Å². The quantitative estimate of drug-likeness (QED) is 0.550. The van der Waals surface area contributed by atoms with Crippen molar-refractivity contribution < 1.29 is 5.11 Å². The zero-order chi connectivity index (χ0) is 19.1. The lowest BCUT2D eigenvalue weighted by molar-refractivity contribution is 0.457. The molecule has 4 aromatic rings. The zero-order valence-corrected chi connectivity index (χ0v) is 15.9. The van der Waals surface area contributed by atoms with Crippen LogP contribution < -0.4 is 10.4 Å². The Morgan fingerprint density at radius 2 is 1.96 bits per heavy atom. The number of nitrogens with one attached hydrogen (secondary N) is 1. The van der Waals surface area contributed by atoms with Crippen LogP contribution in [0.1, 0.15) is 16.1 Å². The molecule has 0 amide bonds. The fraction of sp³-hybridized carbons (Fsp3) is 0.0455. The number of aryl methyl sites for hydroxylation is 1. The highest BCUT2D eigenvalue weighted by Crippen LogP contribution is 2.27. The van der Waals surface area contributed by atoms with Crippen LogP contribution in [0.4, 0.5) is 5.69 Å². The molecule has 28 heavy (non-hydrogen) atoms. The van der Waals surface area contributed by atoms with E-state index in [2.05, 4.69) is 20.2 Å². The van der Waals surface area contributed by atoms with Gasteiger partial charge in [-0.15, -0.1) is 21.6 Å². The first-order chi connectivity index (χ1) is 13.7. The SMILES string of the molecule is Cc1ncsc1/C=C/C1=c2cc/c(=C\c3c(O)[nH]c4ccccc34)cc2N=N1. The number of aromatic nitrogens is 2. The van der Waals surface area contributed by atoms with Crippen LogP contribution in [0.3, 0.4) is 0 Å². The highest BCUT2D eigenvalue weighted by atomic mass is 32.1. The van der Waals surface area contributed by atoms with E-state index in [-0.39, 0.29) is 5.88 Å². The molecular weight excluding hydrogens is 368 g/mol. The van der Waals surface area contributed by atoms with Crippen molar-refractivity contribution in [1.29, 1.82) is 0 Å². The number of fused-ring (bicyclic) bond motifs is 2. The molecule has 1 aliphatic heterocycles. The van der Waals surface area contributed by atoms with Gasteiger partial charge in [-0.2, -0.15) is 0 Å². The highest BCUT2D eigenvalue weighted by molar-refractivity contribution is 7.10. The van der Waals surface area contributed by atoms with Crippen LogP contribution in [0.2, 0.25) is 0 Å². The number of rotatable bonds is 3. The number of azo groups is 1. The summed E-state index contributed by atoms with van der Waals surface area (Å²) in [6.45, 7) is 1.99. The van der Waals surface area contributed by atoms with Crippen molar-refractivity contribution in [3.8, 4) is 5.88 Å². The van der Waals surface area contributed by atoms with E-state index >= 15 is 0 Å². The monoisotopic (exact) mass is 384 g/mol. The van der Waals surface area contributed by atoms with Crippen molar-refractivity contribution in [3.63, 3.8) is 0 Å². The minimum atomic E-state index is 0.165. The minimum Gasteiger partial charge on any atom is -0.494 e. The van der Waals surface area contributed by atoms with Crippen LogP contribution in [0.5, 0.6) is 5.88 Å². The normalized spacial score (nSPS) is 13.9. The summed E-state index contributed by atoms with van der Waals surface area (Å²) in [5.74, 6) is 0.165. The molecule has 0 saturated carbocycles. The summed E-state index contributed by atoms with van der Waals surface area (Å²) >= 11 is 1.61. The Bertz CT molecular complexity index is 1390. The third-order valence-corrected chi connectivity index (χ3v) is 5.67. The fourth-order valence-corrected chi connectivity index (χ4v) is 4.00. The van der Waals surface area contributed by atoms with Gasteiger partial charge in [0.15, 0.2) is 5.88 Å². The minimum absolute atomic E-state index is 0.165. The van der Waals surface area contributed by atoms with Crippen LogP contribution in [-0.4, -0.2) is 15.1 Å². The number of aromatic hydroxyl groups is 1. The van der Waals surface area contributed by atoms with E-state index in [1.165, 1.54) is 0 Å². The molecule has 2 N–H and O–H groups in total. The van der Waals surface area contributed by atoms with E-state index in [9.17, 15) is 5.11 Å². The number of nitrogens with zero attached hydrogens (tertiary/aromatic N) is 3. The number of benzene rings is 2. The summed E-state index contributed by atoms with van der Waals surface area (Å²) in [4.78, 5) is 8.39. The Hall–Kier alpha value is -3.51. The Labute approximate surface area is 164 Å². The largest absolute Gasteiger partial charge is 0.494 e. The summed E-state index contributed by atoms with van der Waals surface area (Å²) in [6, 6.07) is 13.9. The van der Waals surface area contributed by atoms with Gasteiger partial charge >= 0.3 is 0 Å². The molecule has 2 aromatic carbocycles. The first kappa shape index (κ1) is 16.6. The van der Waals surface area contributed by atoms with Crippen LogP contribution in [0, 0.1) is 6.92 Å². The molecule has 0 aliphatic carbocycles. The summed E-state index contributed by atoms with van der Waals surface area (Å²) < 4.78 is 0. The molecule has 0 fully saturated rings. The first-order valence-electron chi connectivity index (χ1n) is 8.85. The highest BCUT2D eigenvalue weighted by Gasteiger charge is 2.09. The fourth-order valence-electron chi connectivity index (χ4n) is 3.31. The molecule has 5 nitrogen and oxygen atoms in total. The summed E-state index contributed by atoms with van der Waals surface area (Å²) in [7, 11) is 0. The maximum atomic E-state index is 10.3. The van der Waals surface area contributed by atoms with Gasteiger partial charge in [-0.1, -0.05) is 24.3 Å². The molecule has 0 radical (unpaired) electrons. The van der Waals surface area contributed by atoms with E-state index in [4.69, 9.17) is 0 Å². The van der Waals surface area contributed by atoms with Gasteiger partial charge in [-0.25, -0.2) is 4.98 Å². The van der Waals surface area contributed by atoms with E-state index in [1.807, 2.05) is 73.1 Å². The van der Waals surface area contributed by atoms with Crippen molar-refractivity contribution in [2.75, 3.05) is 0 Å². The molecule has 0 saturated heterocycles. The zero-order valence-electron chi connectivity index (χ0n) is 15.0. The molecule has 0 unspecified atom stereocenters.